The fraction of sp³-hybridized carbons (Fsp3) is 0.533. The summed E-state index contributed by atoms with van der Waals surface area (Å²) < 4.78 is 88.0. The van der Waals surface area contributed by atoms with Crippen molar-refractivity contribution in [3.63, 3.8) is 0 Å². The van der Waals surface area contributed by atoms with Crippen LogP contribution >= 0.6 is 0 Å². The Hall–Kier alpha value is -1.97. The number of benzene rings is 1. The summed E-state index contributed by atoms with van der Waals surface area (Å²) in [7, 11) is 0. The third-order valence-electron chi connectivity index (χ3n) is 4.48. The summed E-state index contributed by atoms with van der Waals surface area (Å²) in [6, 6.07) is 2.17. The van der Waals surface area contributed by atoms with E-state index in [1.807, 2.05) is 0 Å². The number of amides is 1. The van der Waals surface area contributed by atoms with Crippen LogP contribution in [0.2, 0.25) is 0 Å². The zero-order valence-corrected chi connectivity index (χ0v) is 13.2. The molecule has 0 saturated carbocycles. The summed E-state index contributed by atoms with van der Waals surface area (Å²) in [5.74, 6) is -4.35. The molecule has 25 heavy (non-hydrogen) atoms. The second-order valence-electron chi connectivity index (χ2n) is 6.02. The number of hydrogen-bond donors (Lipinski definition) is 1. The highest BCUT2D eigenvalue weighted by atomic mass is 19.4. The van der Waals surface area contributed by atoms with Crippen molar-refractivity contribution in [3.05, 3.63) is 29.6 Å². The van der Waals surface area contributed by atoms with E-state index < -0.39 is 59.4 Å². The molecule has 0 spiro atoms. The van der Waals surface area contributed by atoms with E-state index in [1.54, 1.807) is 0 Å². The third-order valence-corrected chi connectivity index (χ3v) is 4.48. The van der Waals surface area contributed by atoms with Gasteiger partial charge in [-0.15, -0.1) is 0 Å². The smallest absolute Gasteiger partial charge is 0.417 e. The Labute approximate surface area is 138 Å². The molecule has 1 aromatic rings. The molecule has 1 heterocycles. The molecule has 2 N–H and O–H groups in total. The predicted octanol–water partition coefficient (Wildman–Crippen LogP) is 3.49. The standard InChI is InChI=1S/C15H15F6NO3/c1-7-6-14(11(22)23,25-13(7,2)15(19,20)21)9-4-3-8(16)5-10(9)24-12(17)18/h3-5,7,12H,6H2,1-2H3,(H2,22,23). The number of carbonyl (C=O) groups excluding carboxylic acids is 1. The van der Waals surface area contributed by atoms with Gasteiger partial charge in [0.15, 0.2) is 11.2 Å². The second kappa shape index (κ2) is 6.08. The average Bonchev–Trinajstić information content (AvgIpc) is 2.72. The minimum absolute atomic E-state index is 0.485. The van der Waals surface area contributed by atoms with E-state index in [-0.39, 0.29) is 0 Å². The minimum Gasteiger partial charge on any atom is -0.434 e. The molecule has 4 nitrogen and oxygen atoms in total. The maximum Gasteiger partial charge on any atom is 0.417 e. The van der Waals surface area contributed by atoms with Gasteiger partial charge >= 0.3 is 12.8 Å². The number of hydrogen-bond acceptors (Lipinski definition) is 3. The maximum atomic E-state index is 13.4. The van der Waals surface area contributed by atoms with Crippen LogP contribution in [0, 0.1) is 11.7 Å². The van der Waals surface area contributed by atoms with Gasteiger partial charge in [-0.1, -0.05) is 6.92 Å². The largest absolute Gasteiger partial charge is 0.434 e. The Bertz CT molecular complexity index is 680. The van der Waals surface area contributed by atoms with Crippen molar-refractivity contribution in [2.75, 3.05) is 0 Å². The SMILES string of the molecule is CC1CC(C(N)=O)(c2ccc(F)cc2OC(F)F)OC1(C)C(F)(F)F. The molecular formula is C15H15F6NO3. The van der Waals surface area contributed by atoms with Crippen LogP contribution in [0.25, 0.3) is 0 Å². The van der Waals surface area contributed by atoms with Crippen LogP contribution in [0.1, 0.15) is 25.8 Å². The van der Waals surface area contributed by atoms with Gasteiger partial charge in [0.2, 0.25) is 0 Å². The first-order valence-electron chi connectivity index (χ1n) is 7.15. The lowest BCUT2D eigenvalue weighted by atomic mass is 9.82. The van der Waals surface area contributed by atoms with Crippen LogP contribution in [0.3, 0.4) is 0 Å². The molecular weight excluding hydrogens is 356 g/mol. The molecule has 0 aromatic heterocycles. The summed E-state index contributed by atoms with van der Waals surface area (Å²) in [5.41, 5.74) is -0.362. The molecule has 2 rings (SSSR count). The van der Waals surface area contributed by atoms with Crippen molar-refractivity contribution in [3.8, 4) is 5.75 Å². The summed E-state index contributed by atoms with van der Waals surface area (Å²) in [4.78, 5) is 12.0. The number of rotatable bonds is 4. The molecule has 1 fully saturated rings. The summed E-state index contributed by atoms with van der Waals surface area (Å²) in [6.07, 6.45) is -5.39. The summed E-state index contributed by atoms with van der Waals surface area (Å²) >= 11 is 0. The fourth-order valence-corrected chi connectivity index (χ4v) is 2.94. The molecule has 0 aliphatic carbocycles. The normalized spacial score (nSPS) is 29.9. The van der Waals surface area contributed by atoms with Crippen molar-refractivity contribution in [1.29, 1.82) is 0 Å². The van der Waals surface area contributed by atoms with Gasteiger partial charge in [0.1, 0.15) is 11.6 Å². The number of carbonyl (C=O) groups is 1. The highest BCUT2D eigenvalue weighted by Gasteiger charge is 2.67. The van der Waals surface area contributed by atoms with Crippen molar-refractivity contribution < 1.29 is 40.6 Å². The van der Waals surface area contributed by atoms with E-state index >= 15 is 0 Å². The van der Waals surface area contributed by atoms with E-state index in [2.05, 4.69) is 4.74 Å². The van der Waals surface area contributed by atoms with E-state index in [0.29, 0.717) is 6.07 Å². The second-order valence-corrected chi connectivity index (χ2v) is 6.02. The molecule has 1 aromatic carbocycles. The zero-order chi connectivity index (χ0) is 19.2. The van der Waals surface area contributed by atoms with Gasteiger partial charge in [0.25, 0.3) is 5.91 Å². The lowest BCUT2D eigenvalue weighted by Crippen LogP contribution is -2.50. The first-order chi connectivity index (χ1) is 11.3. The first kappa shape index (κ1) is 19.4. The molecule has 1 amide bonds. The quantitative estimate of drug-likeness (QED) is 0.825. The first-order valence-corrected chi connectivity index (χ1v) is 7.15. The minimum atomic E-state index is -4.85. The van der Waals surface area contributed by atoms with Crippen LogP contribution in [0.5, 0.6) is 5.75 Å². The van der Waals surface area contributed by atoms with Gasteiger partial charge in [-0.05, 0) is 31.4 Å². The lowest BCUT2D eigenvalue weighted by molar-refractivity contribution is -0.285. The van der Waals surface area contributed by atoms with Gasteiger partial charge in [-0.2, -0.15) is 22.0 Å². The van der Waals surface area contributed by atoms with Crippen molar-refractivity contribution in [2.45, 2.75) is 44.3 Å². The van der Waals surface area contributed by atoms with Crippen LogP contribution in [-0.4, -0.2) is 24.3 Å². The van der Waals surface area contributed by atoms with Gasteiger partial charge in [0.05, 0.1) is 0 Å². The molecule has 1 aliphatic heterocycles. The summed E-state index contributed by atoms with van der Waals surface area (Å²) in [5, 5.41) is 0. The highest BCUT2D eigenvalue weighted by molar-refractivity contribution is 5.86. The van der Waals surface area contributed by atoms with Gasteiger partial charge < -0.3 is 15.2 Å². The third kappa shape index (κ3) is 3.14. The number of halogens is 6. The molecule has 1 saturated heterocycles. The van der Waals surface area contributed by atoms with Crippen LogP contribution in [0.4, 0.5) is 26.3 Å². The topological polar surface area (TPSA) is 61.6 Å². The van der Waals surface area contributed by atoms with Crippen molar-refractivity contribution in [1.82, 2.24) is 0 Å². The molecule has 3 atom stereocenters. The van der Waals surface area contributed by atoms with E-state index in [0.717, 1.165) is 19.1 Å². The predicted molar refractivity (Wildman–Crippen MR) is 73.2 cm³/mol. The fourth-order valence-electron chi connectivity index (χ4n) is 2.94. The Balaban J connectivity index is 2.63. The Morgan fingerprint density at radius 2 is 2.00 bits per heavy atom. The van der Waals surface area contributed by atoms with Crippen molar-refractivity contribution >= 4 is 5.91 Å². The average molecular weight is 371 g/mol. The maximum absolute atomic E-state index is 13.4. The molecule has 0 radical (unpaired) electrons. The van der Waals surface area contributed by atoms with Gasteiger partial charge in [-0.25, -0.2) is 4.39 Å². The summed E-state index contributed by atoms with van der Waals surface area (Å²) in [6.45, 7) is -1.46. The number of primary amides is 1. The van der Waals surface area contributed by atoms with Gasteiger partial charge in [0, 0.05) is 11.6 Å². The van der Waals surface area contributed by atoms with E-state index in [4.69, 9.17) is 10.5 Å². The number of ether oxygens (including phenoxy) is 2. The lowest BCUT2D eigenvalue weighted by Gasteiger charge is -2.34. The van der Waals surface area contributed by atoms with Crippen molar-refractivity contribution in [2.24, 2.45) is 11.7 Å². The Morgan fingerprint density at radius 3 is 2.44 bits per heavy atom. The highest BCUT2D eigenvalue weighted by Crippen LogP contribution is 2.55. The molecule has 0 bridgehead atoms. The monoisotopic (exact) mass is 371 g/mol. The molecule has 10 heteroatoms. The number of nitrogens with two attached hydrogens (primary N) is 1. The van der Waals surface area contributed by atoms with Gasteiger partial charge in [-0.3, -0.25) is 4.79 Å². The van der Waals surface area contributed by atoms with Crippen LogP contribution in [0.15, 0.2) is 18.2 Å². The van der Waals surface area contributed by atoms with E-state index in [1.165, 1.54) is 6.92 Å². The number of alkyl halides is 5. The zero-order valence-electron chi connectivity index (χ0n) is 13.2. The van der Waals surface area contributed by atoms with Crippen LogP contribution in [-0.2, 0) is 15.1 Å². The Morgan fingerprint density at radius 1 is 1.40 bits per heavy atom. The van der Waals surface area contributed by atoms with E-state index in [9.17, 15) is 31.1 Å². The Kier molecular flexibility index (Phi) is 4.71. The molecule has 1 aliphatic rings. The van der Waals surface area contributed by atoms with Crippen LogP contribution < -0.4 is 10.5 Å². The molecule has 3 unspecified atom stereocenters. The molecule has 140 valence electrons.